The molecule has 1 aromatic carbocycles. The van der Waals surface area contributed by atoms with Crippen molar-refractivity contribution in [2.75, 3.05) is 11.9 Å². The van der Waals surface area contributed by atoms with Crippen LogP contribution in [-0.2, 0) is 11.0 Å². The fourth-order valence-electron chi connectivity index (χ4n) is 1.21. The van der Waals surface area contributed by atoms with Gasteiger partial charge in [0.05, 0.1) is 5.56 Å². The summed E-state index contributed by atoms with van der Waals surface area (Å²) in [7, 11) is 0. The van der Waals surface area contributed by atoms with Crippen LogP contribution < -0.4 is 11.1 Å². The number of carboxylic acid groups (broad SMARTS) is 1. The number of rotatable bonds is 4. The maximum Gasteiger partial charge on any atom is 0.418 e. The van der Waals surface area contributed by atoms with E-state index in [0.29, 0.717) is 0 Å². The van der Waals surface area contributed by atoms with Gasteiger partial charge >= 0.3 is 12.1 Å². The lowest BCUT2D eigenvalue weighted by molar-refractivity contribution is -0.138. The largest absolute Gasteiger partial charge is 0.480 e. The Bertz CT molecular complexity index is 451. The first kappa shape index (κ1) is 14.8. The summed E-state index contributed by atoms with van der Waals surface area (Å²) >= 11 is 2.95. The fraction of sp³-hybridized carbons (Fsp3) is 0.300. The SMILES string of the molecule is NC(CNc1ccc(Br)cc1C(F)(F)F)C(=O)O. The van der Waals surface area contributed by atoms with E-state index in [-0.39, 0.29) is 16.7 Å². The number of carbonyl (C=O) groups is 1. The van der Waals surface area contributed by atoms with E-state index in [2.05, 4.69) is 21.2 Å². The molecular weight excluding hydrogens is 317 g/mol. The Morgan fingerprint density at radius 2 is 2.11 bits per heavy atom. The van der Waals surface area contributed by atoms with Gasteiger partial charge in [0.15, 0.2) is 0 Å². The minimum Gasteiger partial charge on any atom is -0.480 e. The summed E-state index contributed by atoms with van der Waals surface area (Å²) < 4.78 is 38.4. The highest BCUT2D eigenvalue weighted by molar-refractivity contribution is 9.10. The molecule has 1 aromatic rings. The van der Waals surface area contributed by atoms with E-state index in [1.165, 1.54) is 12.1 Å². The van der Waals surface area contributed by atoms with Crippen molar-refractivity contribution in [1.29, 1.82) is 0 Å². The second-order valence-electron chi connectivity index (χ2n) is 3.51. The van der Waals surface area contributed by atoms with E-state index in [0.717, 1.165) is 6.07 Å². The number of halogens is 4. The van der Waals surface area contributed by atoms with Gasteiger partial charge in [0, 0.05) is 16.7 Å². The van der Waals surface area contributed by atoms with Gasteiger partial charge in [-0.2, -0.15) is 13.2 Å². The number of aliphatic carboxylic acids is 1. The van der Waals surface area contributed by atoms with Crippen LogP contribution in [0.25, 0.3) is 0 Å². The molecule has 0 saturated carbocycles. The minimum atomic E-state index is -4.53. The van der Waals surface area contributed by atoms with E-state index in [1.807, 2.05) is 0 Å². The molecule has 4 nitrogen and oxygen atoms in total. The molecule has 8 heteroatoms. The van der Waals surface area contributed by atoms with Gasteiger partial charge in [-0.15, -0.1) is 0 Å². The highest BCUT2D eigenvalue weighted by Crippen LogP contribution is 2.36. The van der Waals surface area contributed by atoms with Crippen LogP contribution in [0.2, 0.25) is 0 Å². The second-order valence-corrected chi connectivity index (χ2v) is 4.43. The molecule has 1 rings (SSSR count). The van der Waals surface area contributed by atoms with Gasteiger partial charge in [-0.25, -0.2) is 0 Å². The van der Waals surface area contributed by atoms with Gasteiger partial charge in [0.25, 0.3) is 0 Å². The Kier molecular flexibility index (Phi) is 4.58. The summed E-state index contributed by atoms with van der Waals surface area (Å²) in [5, 5.41) is 10.9. The van der Waals surface area contributed by atoms with Crippen molar-refractivity contribution >= 4 is 27.6 Å². The molecule has 0 aliphatic carbocycles. The maximum atomic E-state index is 12.7. The summed E-state index contributed by atoms with van der Waals surface area (Å²) in [5.41, 5.74) is 4.11. The molecule has 0 saturated heterocycles. The zero-order valence-corrected chi connectivity index (χ0v) is 10.5. The summed E-state index contributed by atoms with van der Waals surface area (Å²) in [6.45, 7) is -0.292. The Morgan fingerprint density at radius 3 is 2.61 bits per heavy atom. The number of nitrogens with two attached hydrogens (primary N) is 1. The highest BCUT2D eigenvalue weighted by Gasteiger charge is 2.33. The van der Waals surface area contributed by atoms with E-state index in [1.54, 1.807) is 0 Å². The molecule has 0 radical (unpaired) electrons. The van der Waals surface area contributed by atoms with Crippen molar-refractivity contribution in [3.63, 3.8) is 0 Å². The Morgan fingerprint density at radius 1 is 1.50 bits per heavy atom. The third-order valence-electron chi connectivity index (χ3n) is 2.12. The highest BCUT2D eigenvalue weighted by atomic mass is 79.9. The number of anilines is 1. The van der Waals surface area contributed by atoms with Crippen LogP contribution >= 0.6 is 15.9 Å². The van der Waals surface area contributed by atoms with Crippen molar-refractivity contribution in [1.82, 2.24) is 0 Å². The predicted octanol–water partition coefficient (Wildman–Crippen LogP) is 2.29. The first-order valence-electron chi connectivity index (χ1n) is 4.81. The molecule has 4 N–H and O–H groups in total. The lowest BCUT2D eigenvalue weighted by atomic mass is 10.1. The Labute approximate surface area is 109 Å². The zero-order valence-electron chi connectivity index (χ0n) is 8.96. The van der Waals surface area contributed by atoms with Crippen LogP contribution in [0, 0.1) is 0 Å². The van der Waals surface area contributed by atoms with Crippen molar-refractivity contribution in [3.8, 4) is 0 Å². The minimum absolute atomic E-state index is 0.206. The molecule has 0 heterocycles. The van der Waals surface area contributed by atoms with Crippen LogP contribution in [0.15, 0.2) is 22.7 Å². The predicted molar refractivity (Wildman–Crippen MR) is 63.2 cm³/mol. The average Bonchev–Trinajstić information content (AvgIpc) is 2.25. The van der Waals surface area contributed by atoms with E-state index >= 15 is 0 Å². The maximum absolute atomic E-state index is 12.7. The molecule has 1 atom stereocenters. The normalized spacial score (nSPS) is 13.2. The first-order valence-corrected chi connectivity index (χ1v) is 5.60. The lowest BCUT2D eigenvalue weighted by Gasteiger charge is -2.16. The first-order chi connectivity index (χ1) is 8.21. The molecule has 0 amide bonds. The average molecular weight is 327 g/mol. The molecule has 0 aliphatic heterocycles. The fourth-order valence-corrected chi connectivity index (χ4v) is 1.57. The van der Waals surface area contributed by atoms with Crippen LogP contribution in [0.1, 0.15) is 5.56 Å². The summed E-state index contributed by atoms with van der Waals surface area (Å²) in [6, 6.07) is 2.27. The molecule has 1 unspecified atom stereocenters. The monoisotopic (exact) mass is 326 g/mol. The number of hydrogen-bond donors (Lipinski definition) is 3. The smallest absolute Gasteiger partial charge is 0.418 e. The quantitative estimate of drug-likeness (QED) is 0.793. The van der Waals surface area contributed by atoms with Crippen molar-refractivity contribution < 1.29 is 23.1 Å². The second kappa shape index (κ2) is 5.57. The number of alkyl halides is 3. The lowest BCUT2D eigenvalue weighted by Crippen LogP contribution is -2.37. The van der Waals surface area contributed by atoms with Gasteiger partial charge in [-0.3, -0.25) is 4.79 Å². The number of nitrogens with one attached hydrogen (secondary N) is 1. The third-order valence-corrected chi connectivity index (χ3v) is 2.61. The van der Waals surface area contributed by atoms with Crippen molar-refractivity contribution in [3.05, 3.63) is 28.2 Å². The Balaban J connectivity index is 2.92. The molecular formula is C10H10BrF3N2O2. The van der Waals surface area contributed by atoms with Gasteiger partial charge in [0.1, 0.15) is 6.04 Å². The zero-order chi connectivity index (χ0) is 13.9. The van der Waals surface area contributed by atoms with Crippen molar-refractivity contribution in [2.24, 2.45) is 5.73 Å². The van der Waals surface area contributed by atoms with Crippen molar-refractivity contribution in [2.45, 2.75) is 12.2 Å². The van der Waals surface area contributed by atoms with Gasteiger partial charge in [-0.1, -0.05) is 15.9 Å². The molecule has 0 aromatic heterocycles. The summed E-state index contributed by atoms with van der Waals surface area (Å²) in [4.78, 5) is 10.5. The van der Waals surface area contributed by atoms with Crippen LogP contribution in [0.4, 0.5) is 18.9 Å². The number of benzene rings is 1. The molecule has 0 fully saturated rings. The molecule has 100 valence electrons. The van der Waals surface area contributed by atoms with Crippen LogP contribution in [0.5, 0.6) is 0 Å². The summed E-state index contributed by atoms with van der Waals surface area (Å²) in [6.07, 6.45) is -4.53. The van der Waals surface area contributed by atoms with Crippen LogP contribution in [0.3, 0.4) is 0 Å². The van der Waals surface area contributed by atoms with Gasteiger partial charge < -0.3 is 16.2 Å². The Hall–Kier alpha value is -1.28. The summed E-state index contributed by atoms with van der Waals surface area (Å²) in [5.74, 6) is -1.28. The topological polar surface area (TPSA) is 75.3 Å². The van der Waals surface area contributed by atoms with Crippen LogP contribution in [-0.4, -0.2) is 23.7 Å². The number of hydrogen-bond acceptors (Lipinski definition) is 3. The third kappa shape index (κ3) is 3.88. The molecule has 0 aliphatic rings. The standard InChI is InChI=1S/C10H10BrF3N2O2/c11-5-1-2-8(6(3-5)10(12,13)14)16-4-7(15)9(17)18/h1-3,7,16H,4,15H2,(H,17,18). The number of carboxylic acids is 1. The molecule has 18 heavy (non-hydrogen) atoms. The van der Waals surface area contributed by atoms with E-state index in [9.17, 15) is 18.0 Å². The van der Waals surface area contributed by atoms with E-state index < -0.39 is 23.8 Å². The van der Waals surface area contributed by atoms with Gasteiger partial charge in [0.2, 0.25) is 0 Å². The molecule has 0 spiro atoms. The van der Waals surface area contributed by atoms with Gasteiger partial charge in [-0.05, 0) is 18.2 Å². The van der Waals surface area contributed by atoms with E-state index in [4.69, 9.17) is 10.8 Å². The molecule has 0 bridgehead atoms.